The maximum absolute atomic E-state index is 11.9. The van der Waals surface area contributed by atoms with Crippen molar-refractivity contribution < 1.29 is 19.1 Å². The normalized spacial score (nSPS) is 15.7. The molecule has 0 aromatic carbocycles. The summed E-state index contributed by atoms with van der Waals surface area (Å²) in [5, 5.41) is 2.50. The zero-order valence-corrected chi connectivity index (χ0v) is 11.1. The van der Waals surface area contributed by atoms with Gasteiger partial charge in [-0.05, 0) is 13.8 Å². The molecule has 2 heterocycles. The van der Waals surface area contributed by atoms with E-state index < -0.39 is 24.0 Å². The van der Waals surface area contributed by atoms with Crippen LogP contribution in [0, 0.1) is 6.92 Å². The average Bonchev–Trinajstić information content (AvgIpc) is 2.84. The quantitative estimate of drug-likeness (QED) is 0.773. The number of imide groups is 1. The number of esters is 1. The number of rotatable bonds is 3. The highest BCUT2D eigenvalue weighted by atomic mass is 16.5. The summed E-state index contributed by atoms with van der Waals surface area (Å²) >= 11 is 0. The smallest absolute Gasteiger partial charge is 0.359 e. The fourth-order valence-electron chi connectivity index (χ4n) is 1.67. The van der Waals surface area contributed by atoms with E-state index in [0.29, 0.717) is 12.2 Å². The minimum absolute atomic E-state index is 0.0149. The summed E-state index contributed by atoms with van der Waals surface area (Å²) in [4.78, 5) is 43.8. The number of nitrogens with zero attached hydrogens (tertiary/aromatic N) is 3. The van der Waals surface area contributed by atoms with Crippen molar-refractivity contribution in [3.63, 3.8) is 0 Å². The van der Waals surface area contributed by atoms with Gasteiger partial charge in [-0.25, -0.2) is 14.6 Å². The lowest BCUT2D eigenvalue weighted by Crippen LogP contribution is -2.41. The second-order valence-corrected chi connectivity index (χ2v) is 4.31. The molecule has 0 spiro atoms. The molecule has 1 aromatic heterocycles. The van der Waals surface area contributed by atoms with E-state index >= 15 is 0 Å². The van der Waals surface area contributed by atoms with Crippen molar-refractivity contribution in [2.75, 3.05) is 13.1 Å². The predicted octanol–water partition coefficient (Wildman–Crippen LogP) is -0.118. The minimum Gasteiger partial charge on any atom is -0.448 e. The SMILES string of the molecule is Cc1cnc(C(=O)OC(C)C(=O)N2CCNC2=O)cn1. The summed E-state index contributed by atoms with van der Waals surface area (Å²) in [6, 6.07) is -0.479. The second kappa shape index (κ2) is 5.64. The first-order valence-electron chi connectivity index (χ1n) is 6.08. The van der Waals surface area contributed by atoms with E-state index in [4.69, 9.17) is 4.74 Å². The summed E-state index contributed by atoms with van der Waals surface area (Å²) in [7, 11) is 0. The van der Waals surface area contributed by atoms with Crippen molar-refractivity contribution in [2.24, 2.45) is 0 Å². The van der Waals surface area contributed by atoms with Crippen molar-refractivity contribution in [3.8, 4) is 0 Å². The number of hydrogen-bond acceptors (Lipinski definition) is 6. The minimum atomic E-state index is -1.06. The Morgan fingerprint density at radius 3 is 2.70 bits per heavy atom. The van der Waals surface area contributed by atoms with Crippen molar-refractivity contribution in [2.45, 2.75) is 20.0 Å². The Bertz CT molecular complexity index is 543. The maximum atomic E-state index is 11.9. The van der Waals surface area contributed by atoms with Gasteiger partial charge in [0, 0.05) is 19.3 Å². The van der Waals surface area contributed by atoms with Gasteiger partial charge in [-0.3, -0.25) is 14.7 Å². The molecule has 1 saturated heterocycles. The van der Waals surface area contributed by atoms with Gasteiger partial charge in [-0.15, -0.1) is 0 Å². The van der Waals surface area contributed by atoms with Gasteiger partial charge in [-0.1, -0.05) is 0 Å². The van der Waals surface area contributed by atoms with Crippen LogP contribution in [0.25, 0.3) is 0 Å². The van der Waals surface area contributed by atoms with Gasteiger partial charge in [0.1, 0.15) is 0 Å². The van der Waals surface area contributed by atoms with Crippen LogP contribution in [0.5, 0.6) is 0 Å². The first-order chi connectivity index (χ1) is 9.49. The molecule has 106 valence electrons. The molecule has 1 fully saturated rings. The van der Waals surface area contributed by atoms with Crippen LogP contribution in [-0.2, 0) is 9.53 Å². The van der Waals surface area contributed by atoms with Gasteiger partial charge in [-0.2, -0.15) is 0 Å². The molecule has 8 heteroatoms. The maximum Gasteiger partial charge on any atom is 0.359 e. The van der Waals surface area contributed by atoms with Gasteiger partial charge in [0.05, 0.1) is 11.9 Å². The number of ether oxygens (including phenoxy) is 1. The third kappa shape index (κ3) is 2.90. The summed E-state index contributed by atoms with van der Waals surface area (Å²) in [6.07, 6.45) is 1.64. The fraction of sp³-hybridized carbons (Fsp3) is 0.417. The van der Waals surface area contributed by atoms with Gasteiger partial charge in [0.15, 0.2) is 11.8 Å². The van der Waals surface area contributed by atoms with Gasteiger partial charge >= 0.3 is 12.0 Å². The molecule has 1 aromatic rings. The Hall–Kier alpha value is -2.51. The van der Waals surface area contributed by atoms with E-state index in [1.807, 2.05) is 0 Å². The molecular formula is C12H14N4O4. The van der Waals surface area contributed by atoms with E-state index in [2.05, 4.69) is 15.3 Å². The third-order valence-corrected chi connectivity index (χ3v) is 2.74. The Morgan fingerprint density at radius 2 is 2.15 bits per heavy atom. The third-order valence-electron chi connectivity index (χ3n) is 2.74. The lowest BCUT2D eigenvalue weighted by molar-refractivity contribution is -0.136. The summed E-state index contributed by atoms with van der Waals surface area (Å²) in [5.74, 6) is -1.31. The zero-order chi connectivity index (χ0) is 14.7. The van der Waals surface area contributed by atoms with Crippen molar-refractivity contribution >= 4 is 17.9 Å². The zero-order valence-electron chi connectivity index (χ0n) is 11.1. The molecule has 1 aliphatic rings. The lowest BCUT2D eigenvalue weighted by Gasteiger charge is -2.17. The van der Waals surface area contributed by atoms with E-state index in [0.717, 1.165) is 4.90 Å². The number of aryl methyl sites for hydroxylation is 1. The largest absolute Gasteiger partial charge is 0.448 e. The highest BCUT2D eigenvalue weighted by Crippen LogP contribution is 2.06. The number of amides is 3. The first kappa shape index (κ1) is 13.9. The van der Waals surface area contributed by atoms with Crippen LogP contribution >= 0.6 is 0 Å². The van der Waals surface area contributed by atoms with Crippen LogP contribution in [0.15, 0.2) is 12.4 Å². The van der Waals surface area contributed by atoms with Crippen molar-refractivity contribution in [1.29, 1.82) is 0 Å². The number of aromatic nitrogens is 2. The molecule has 1 aliphatic heterocycles. The van der Waals surface area contributed by atoms with Gasteiger partial charge in [0.2, 0.25) is 0 Å². The standard InChI is InChI=1S/C12H14N4O4/c1-7-5-15-9(6-14-7)11(18)20-8(2)10(17)16-4-3-13-12(16)19/h5-6,8H,3-4H2,1-2H3,(H,13,19). The van der Waals surface area contributed by atoms with Crippen molar-refractivity contribution in [3.05, 3.63) is 23.8 Å². The summed E-state index contributed by atoms with van der Waals surface area (Å²) < 4.78 is 4.99. The molecule has 1 N–H and O–H groups in total. The molecular weight excluding hydrogens is 264 g/mol. The number of nitrogens with one attached hydrogen (secondary N) is 1. The number of carbonyl (C=O) groups is 3. The molecule has 1 atom stereocenters. The first-order valence-corrected chi connectivity index (χ1v) is 6.08. The molecule has 8 nitrogen and oxygen atoms in total. The van der Waals surface area contributed by atoms with E-state index in [1.165, 1.54) is 19.3 Å². The molecule has 2 rings (SSSR count). The van der Waals surface area contributed by atoms with Crippen LogP contribution in [0.3, 0.4) is 0 Å². The Labute approximate surface area is 115 Å². The second-order valence-electron chi connectivity index (χ2n) is 4.31. The van der Waals surface area contributed by atoms with Gasteiger partial charge < -0.3 is 10.1 Å². The summed E-state index contributed by atoms with van der Waals surface area (Å²) in [5.41, 5.74) is 0.681. The van der Waals surface area contributed by atoms with Crippen LogP contribution in [0.2, 0.25) is 0 Å². The van der Waals surface area contributed by atoms with Crippen LogP contribution in [0.4, 0.5) is 4.79 Å². The predicted molar refractivity (Wildman–Crippen MR) is 66.8 cm³/mol. The van der Waals surface area contributed by atoms with Crippen molar-refractivity contribution in [1.82, 2.24) is 20.2 Å². The Balaban J connectivity index is 1.98. The van der Waals surface area contributed by atoms with E-state index in [9.17, 15) is 14.4 Å². The van der Waals surface area contributed by atoms with Crippen LogP contribution in [-0.4, -0.2) is 52.0 Å². The summed E-state index contributed by atoms with van der Waals surface area (Å²) in [6.45, 7) is 3.81. The number of carbonyl (C=O) groups excluding carboxylic acids is 3. The molecule has 0 radical (unpaired) electrons. The molecule has 0 aliphatic carbocycles. The van der Waals surface area contributed by atoms with Gasteiger partial charge in [0.25, 0.3) is 5.91 Å². The molecule has 20 heavy (non-hydrogen) atoms. The average molecular weight is 278 g/mol. The topological polar surface area (TPSA) is 101 Å². The Morgan fingerprint density at radius 1 is 1.40 bits per heavy atom. The fourth-order valence-corrected chi connectivity index (χ4v) is 1.67. The monoisotopic (exact) mass is 278 g/mol. The molecule has 1 unspecified atom stereocenters. The highest BCUT2D eigenvalue weighted by Gasteiger charge is 2.31. The van der Waals surface area contributed by atoms with Crippen LogP contribution in [0.1, 0.15) is 23.1 Å². The lowest BCUT2D eigenvalue weighted by atomic mass is 10.3. The van der Waals surface area contributed by atoms with E-state index in [-0.39, 0.29) is 12.2 Å². The highest BCUT2D eigenvalue weighted by molar-refractivity contribution is 5.99. The molecule has 0 bridgehead atoms. The van der Waals surface area contributed by atoms with E-state index in [1.54, 1.807) is 6.92 Å². The van der Waals surface area contributed by atoms with Crippen LogP contribution < -0.4 is 5.32 Å². The Kier molecular flexibility index (Phi) is 3.92. The molecule has 0 saturated carbocycles. The molecule has 3 amide bonds. The number of urea groups is 1. The number of hydrogen-bond donors (Lipinski definition) is 1.